The molecular formula is C24H17Cl2N5OS. The van der Waals surface area contributed by atoms with Crippen LogP contribution in [-0.4, -0.2) is 10.7 Å². The zero-order valence-corrected chi connectivity index (χ0v) is 19.5. The molecule has 1 aromatic heterocycles. The van der Waals surface area contributed by atoms with Gasteiger partial charge in [0.15, 0.2) is 10.8 Å². The van der Waals surface area contributed by atoms with Crippen molar-refractivity contribution in [3.8, 4) is 0 Å². The van der Waals surface area contributed by atoms with E-state index < -0.39 is 0 Å². The standard InChI is InChI=1S/C24H17Cl2N5OS/c25-17-8-6-16(7-9-17)21-14-20(15-4-2-1-3-5-15)30-31(21)22-23(33-24(32)27-22)29-28-19-12-10-18(26)11-13-19/h1-13,21H,14H2,(H,27,32). The third-order valence-electron chi connectivity index (χ3n) is 5.20. The minimum atomic E-state index is -0.228. The van der Waals surface area contributed by atoms with Gasteiger partial charge in [0.05, 0.1) is 17.4 Å². The van der Waals surface area contributed by atoms with Gasteiger partial charge in [-0.3, -0.25) is 9.78 Å². The van der Waals surface area contributed by atoms with Gasteiger partial charge in [-0.25, -0.2) is 5.01 Å². The van der Waals surface area contributed by atoms with Crippen LogP contribution in [0.3, 0.4) is 0 Å². The van der Waals surface area contributed by atoms with Crippen LogP contribution in [0.15, 0.2) is 99.0 Å². The number of rotatable bonds is 5. The molecule has 5 rings (SSSR count). The summed E-state index contributed by atoms with van der Waals surface area (Å²) in [5.41, 5.74) is 3.61. The highest BCUT2D eigenvalue weighted by Crippen LogP contribution is 2.41. The van der Waals surface area contributed by atoms with E-state index in [4.69, 9.17) is 28.3 Å². The van der Waals surface area contributed by atoms with Crippen LogP contribution in [0.4, 0.5) is 16.5 Å². The van der Waals surface area contributed by atoms with E-state index in [-0.39, 0.29) is 10.9 Å². The van der Waals surface area contributed by atoms with Gasteiger partial charge in [0.25, 0.3) is 0 Å². The number of aromatic nitrogens is 1. The molecular weight excluding hydrogens is 477 g/mol. The Morgan fingerprint density at radius 2 is 1.58 bits per heavy atom. The Kier molecular flexibility index (Phi) is 6.09. The van der Waals surface area contributed by atoms with Crippen LogP contribution in [0.25, 0.3) is 0 Å². The van der Waals surface area contributed by atoms with Gasteiger partial charge >= 0.3 is 4.87 Å². The topological polar surface area (TPSA) is 73.2 Å². The number of anilines is 1. The predicted octanol–water partition coefficient (Wildman–Crippen LogP) is 7.51. The van der Waals surface area contributed by atoms with Gasteiger partial charge in [0.2, 0.25) is 0 Å². The van der Waals surface area contributed by atoms with Gasteiger partial charge in [0, 0.05) is 16.5 Å². The number of hydrogen-bond donors (Lipinski definition) is 1. The van der Waals surface area contributed by atoms with E-state index >= 15 is 0 Å². The van der Waals surface area contributed by atoms with Crippen LogP contribution in [0.5, 0.6) is 0 Å². The third-order valence-corrected chi connectivity index (χ3v) is 6.46. The Balaban J connectivity index is 1.55. The number of H-pyrrole nitrogens is 1. The molecule has 4 aromatic rings. The van der Waals surface area contributed by atoms with Gasteiger partial charge in [0.1, 0.15) is 0 Å². The first-order valence-corrected chi connectivity index (χ1v) is 11.7. The molecule has 0 amide bonds. The number of halogens is 2. The van der Waals surface area contributed by atoms with Crippen LogP contribution in [0.1, 0.15) is 23.6 Å². The molecule has 0 saturated heterocycles. The first kappa shape index (κ1) is 21.6. The number of benzene rings is 3. The monoisotopic (exact) mass is 493 g/mol. The largest absolute Gasteiger partial charge is 0.308 e. The summed E-state index contributed by atoms with van der Waals surface area (Å²) in [7, 11) is 0. The van der Waals surface area contributed by atoms with Crippen molar-refractivity contribution in [2.75, 3.05) is 5.01 Å². The molecule has 0 aliphatic carbocycles. The molecule has 0 spiro atoms. The Morgan fingerprint density at radius 1 is 0.909 bits per heavy atom. The maximum absolute atomic E-state index is 12.3. The molecule has 0 saturated carbocycles. The molecule has 1 atom stereocenters. The maximum Gasteiger partial charge on any atom is 0.308 e. The van der Waals surface area contributed by atoms with Crippen molar-refractivity contribution < 1.29 is 0 Å². The van der Waals surface area contributed by atoms with Gasteiger partial charge in [-0.15, -0.1) is 10.2 Å². The van der Waals surface area contributed by atoms with E-state index in [0.717, 1.165) is 28.2 Å². The van der Waals surface area contributed by atoms with Crippen molar-refractivity contribution in [2.45, 2.75) is 12.5 Å². The Bertz CT molecular complexity index is 1380. The number of azo groups is 1. The SMILES string of the molecule is O=c1[nH]c(N2N=C(c3ccccc3)CC2c2ccc(Cl)cc2)c(N=Nc2ccc(Cl)cc2)s1. The number of hydrogen-bond acceptors (Lipinski definition) is 6. The molecule has 1 aliphatic rings. The summed E-state index contributed by atoms with van der Waals surface area (Å²) in [6.07, 6.45) is 0.664. The highest BCUT2D eigenvalue weighted by Gasteiger charge is 2.32. The zero-order chi connectivity index (χ0) is 22.8. The second kappa shape index (κ2) is 9.31. The normalized spacial score (nSPS) is 15.9. The minimum Gasteiger partial charge on any atom is -0.296 e. The van der Waals surface area contributed by atoms with E-state index in [1.54, 1.807) is 24.3 Å². The van der Waals surface area contributed by atoms with E-state index in [2.05, 4.69) is 15.2 Å². The van der Waals surface area contributed by atoms with Gasteiger partial charge in [-0.05, 0) is 47.5 Å². The molecule has 0 fully saturated rings. The first-order chi connectivity index (χ1) is 16.1. The highest BCUT2D eigenvalue weighted by atomic mass is 35.5. The molecule has 0 bridgehead atoms. The number of nitrogens with zero attached hydrogens (tertiary/aromatic N) is 4. The predicted molar refractivity (Wildman–Crippen MR) is 135 cm³/mol. The number of nitrogens with one attached hydrogen (secondary N) is 1. The molecule has 164 valence electrons. The molecule has 6 nitrogen and oxygen atoms in total. The minimum absolute atomic E-state index is 0.132. The summed E-state index contributed by atoms with van der Waals surface area (Å²) < 4.78 is 0. The lowest BCUT2D eigenvalue weighted by atomic mass is 9.98. The van der Waals surface area contributed by atoms with Gasteiger partial charge < -0.3 is 0 Å². The third kappa shape index (κ3) is 4.75. The van der Waals surface area contributed by atoms with E-state index in [0.29, 0.717) is 33.0 Å². The lowest BCUT2D eigenvalue weighted by Crippen LogP contribution is -2.19. The second-order valence-electron chi connectivity index (χ2n) is 7.37. The lowest BCUT2D eigenvalue weighted by Gasteiger charge is -2.22. The molecule has 33 heavy (non-hydrogen) atoms. The summed E-state index contributed by atoms with van der Waals surface area (Å²) in [5.74, 6) is 0.508. The number of hydrazone groups is 1. The fraction of sp³-hybridized carbons (Fsp3) is 0.0833. The van der Waals surface area contributed by atoms with Crippen molar-refractivity contribution >= 4 is 56.8 Å². The summed E-state index contributed by atoms with van der Waals surface area (Å²) in [6, 6.07) is 24.5. The highest BCUT2D eigenvalue weighted by molar-refractivity contribution is 7.13. The average molecular weight is 494 g/mol. The van der Waals surface area contributed by atoms with E-state index in [1.165, 1.54) is 0 Å². The van der Waals surface area contributed by atoms with Crippen LogP contribution < -0.4 is 9.88 Å². The molecule has 1 N–H and O–H groups in total. The zero-order valence-electron chi connectivity index (χ0n) is 17.2. The van der Waals surface area contributed by atoms with Crippen LogP contribution in [0, 0.1) is 0 Å². The van der Waals surface area contributed by atoms with Crippen LogP contribution >= 0.6 is 34.5 Å². The lowest BCUT2D eigenvalue weighted by molar-refractivity contribution is 0.700. The molecule has 2 heterocycles. The van der Waals surface area contributed by atoms with E-state index in [1.807, 2.05) is 59.6 Å². The van der Waals surface area contributed by atoms with Crippen LogP contribution in [0.2, 0.25) is 10.0 Å². The smallest absolute Gasteiger partial charge is 0.296 e. The molecule has 9 heteroatoms. The fourth-order valence-electron chi connectivity index (χ4n) is 3.61. The van der Waals surface area contributed by atoms with Crippen molar-refractivity contribution in [3.63, 3.8) is 0 Å². The molecule has 3 aromatic carbocycles. The first-order valence-electron chi connectivity index (χ1n) is 10.1. The van der Waals surface area contributed by atoms with E-state index in [9.17, 15) is 4.79 Å². The fourth-order valence-corrected chi connectivity index (χ4v) is 4.51. The van der Waals surface area contributed by atoms with Gasteiger partial charge in [-0.2, -0.15) is 5.10 Å². The summed E-state index contributed by atoms with van der Waals surface area (Å²) >= 11 is 13.0. The Labute approximate surface area is 203 Å². The van der Waals surface area contributed by atoms with Crippen molar-refractivity contribution in [1.82, 2.24) is 4.98 Å². The van der Waals surface area contributed by atoms with Crippen molar-refractivity contribution in [2.24, 2.45) is 15.3 Å². The Morgan fingerprint density at radius 3 is 2.27 bits per heavy atom. The Hall–Kier alpha value is -3.26. The number of thiazole rings is 1. The summed E-state index contributed by atoms with van der Waals surface area (Å²) in [5, 5.41) is 17.1. The number of aromatic amines is 1. The average Bonchev–Trinajstić information content (AvgIpc) is 3.43. The van der Waals surface area contributed by atoms with Gasteiger partial charge in [-0.1, -0.05) is 77.0 Å². The van der Waals surface area contributed by atoms with Crippen molar-refractivity contribution in [3.05, 3.63) is 110 Å². The van der Waals surface area contributed by atoms with Crippen LogP contribution in [-0.2, 0) is 0 Å². The maximum atomic E-state index is 12.3. The summed E-state index contributed by atoms with van der Waals surface area (Å²) in [6.45, 7) is 0. The second-order valence-corrected chi connectivity index (χ2v) is 9.21. The molecule has 1 aliphatic heterocycles. The quantitative estimate of drug-likeness (QED) is 0.292. The molecule has 1 unspecified atom stereocenters. The molecule has 0 radical (unpaired) electrons. The van der Waals surface area contributed by atoms with Crippen molar-refractivity contribution in [1.29, 1.82) is 0 Å². The summed E-state index contributed by atoms with van der Waals surface area (Å²) in [4.78, 5) is 15.0.